The minimum atomic E-state index is 1.31. The van der Waals surface area contributed by atoms with Crippen LogP contribution < -0.4 is 5.53 Å². The Labute approximate surface area is 101 Å². The van der Waals surface area contributed by atoms with Crippen LogP contribution in [-0.2, 0) is 0 Å². The normalized spacial score (nSPS) is 12.5. The van der Waals surface area contributed by atoms with E-state index in [1.807, 2.05) is 6.07 Å². The molecule has 0 amide bonds. The molecule has 3 heteroatoms. The Balaban J connectivity index is 0.000000136. The summed E-state index contributed by atoms with van der Waals surface area (Å²) in [5, 5.41) is 7.22. The maximum atomic E-state index is 3.61. The maximum Gasteiger partial charge on any atom is 0.0489 e. The number of nitrogens with one attached hydrogen (secondary N) is 1. The first-order chi connectivity index (χ1) is 8.47. The molecule has 0 unspecified atom stereocenters. The minimum Gasteiger partial charge on any atom is -0.198 e. The van der Waals surface area contributed by atoms with E-state index in [1.54, 1.807) is 24.6 Å². The number of nitrogens with zero attached hydrogens (tertiary/aromatic N) is 2. The lowest BCUT2D eigenvalue weighted by Gasteiger charge is -1.85. The number of hydrogen-bond acceptors (Lipinski definition) is 3. The van der Waals surface area contributed by atoms with Gasteiger partial charge in [0.2, 0.25) is 0 Å². The van der Waals surface area contributed by atoms with E-state index in [1.165, 1.54) is 11.1 Å². The van der Waals surface area contributed by atoms with Gasteiger partial charge in [0.05, 0.1) is 0 Å². The molecule has 3 aliphatic rings. The van der Waals surface area contributed by atoms with E-state index in [4.69, 9.17) is 0 Å². The van der Waals surface area contributed by atoms with Crippen molar-refractivity contribution in [2.45, 2.75) is 0 Å². The van der Waals surface area contributed by atoms with Gasteiger partial charge in [-0.2, -0.15) is 15.7 Å². The van der Waals surface area contributed by atoms with Gasteiger partial charge in [-0.15, -0.1) is 0 Å². The summed E-state index contributed by atoms with van der Waals surface area (Å²) in [6.45, 7) is 0. The van der Waals surface area contributed by atoms with Crippen molar-refractivity contribution in [3.8, 4) is 11.1 Å². The standard InChI is InChI=1S/C10H8.C4H5N3/c1-2-5-9-7-4-8-10(9)6-3-1;1-2-4-6-7-5-3-1/h1-8H;1-4,7H. The van der Waals surface area contributed by atoms with Crippen LogP contribution in [0.4, 0.5) is 0 Å². The molecule has 0 aromatic heterocycles. The van der Waals surface area contributed by atoms with Gasteiger partial charge in [0.15, 0.2) is 0 Å². The third-order valence-corrected chi connectivity index (χ3v) is 2.21. The fraction of sp³-hybridized carbons (Fsp3) is 0. The van der Waals surface area contributed by atoms with Crippen molar-refractivity contribution in [2.75, 3.05) is 0 Å². The molecule has 3 rings (SSSR count). The summed E-state index contributed by atoms with van der Waals surface area (Å²) in [6, 6.07) is 16.7. The van der Waals surface area contributed by atoms with Crippen LogP contribution in [-0.4, -0.2) is 12.4 Å². The van der Waals surface area contributed by atoms with Gasteiger partial charge in [-0.1, -0.05) is 48.5 Å². The highest BCUT2D eigenvalue weighted by molar-refractivity contribution is 5.81. The maximum absolute atomic E-state index is 3.61. The monoisotopic (exact) mass is 223 g/mol. The molecule has 1 heterocycles. The van der Waals surface area contributed by atoms with Gasteiger partial charge in [0, 0.05) is 12.4 Å². The molecule has 0 fully saturated rings. The molecule has 17 heavy (non-hydrogen) atoms. The van der Waals surface area contributed by atoms with E-state index < -0.39 is 0 Å². The van der Waals surface area contributed by atoms with Gasteiger partial charge in [-0.3, -0.25) is 0 Å². The average molecular weight is 223 g/mol. The topological polar surface area (TPSA) is 36.8 Å². The second-order valence-corrected chi connectivity index (χ2v) is 3.39. The number of allylic oxidation sites excluding steroid dienone is 2. The molecule has 0 spiro atoms. The highest BCUT2D eigenvalue weighted by atomic mass is 15.5. The van der Waals surface area contributed by atoms with E-state index in [9.17, 15) is 0 Å². The Bertz CT molecular complexity index is 473. The number of rotatable bonds is 0. The van der Waals surface area contributed by atoms with Crippen molar-refractivity contribution in [1.82, 2.24) is 5.53 Å². The van der Waals surface area contributed by atoms with Gasteiger partial charge >= 0.3 is 0 Å². The first kappa shape index (κ1) is 11.1. The lowest BCUT2D eigenvalue weighted by Crippen LogP contribution is -1.90. The van der Waals surface area contributed by atoms with Crippen molar-refractivity contribution in [1.29, 1.82) is 0 Å². The van der Waals surface area contributed by atoms with Gasteiger partial charge in [-0.05, 0) is 23.3 Å². The summed E-state index contributed by atoms with van der Waals surface area (Å²) in [5.74, 6) is 0. The zero-order chi connectivity index (χ0) is 11.8. The molecule has 3 nitrogen and oxygen atoms in total. The molecule has 0 atom stereocenters. The van der Waals surface area contributed by atoms with Crippen LogP contribution in [0.25, 0.3) is 11.1 Å². The van der Waals surface area contributed by atoms with Crippen LogP contribution in [0.2, 0.25) is 0 Å². The van der Waals surface area contributed by atoms with Crippen molar-refractivity contribution >= 4 is 12.4 Å². The lowest BCUT2D eigenvalue weighted by molar-refractivity contribution is 0.821. The number of hydrogen-bond donors (Lipinski definition) is 1. The Morgan fingerprint density at radius 2 is 1.18 bits per heavy atom. The van der Waals surface area contributed by atoms with E-state index in [2.05, 4.69) is 58.2 Å². The summed E-state index contributed by atoms with van der Waals surface area (Å²) >= 11 is 0. The SMILES string of the molecule is C1=CC=NNN=C1.c1ccc2cccc-2cc1. The van der Waals surface area contributed by atoms with Gasteiger partial charge in [-0.25, -0.2) is 0 Å². The lowest BCUT2D eigenvalue weighted by atomic mass is 10.2. The highest BCUT2D eigenvalue weighted by Gasteiger charge is 1.94. The second-order valence-electron chi connectivity index (χ2n) is 3.39. The number of hydrazone groups is 2. The van der Waals surface area contributed by atoms with E-state index in [0.717, 1.165) is 0 Å². The third kappa shape index (κ3) is 3.57. The highest BCUT2D eigenvalue weighted by Crippen LogP contribution is 2.19. The molecule has 0 radical (unpaired) electrons. The molecule has 0 saturated carbocycles. The van der Waals surface area contributed by atoms with Crippen LogP contribution in [0.5, 0.6) is 0 Å². The van der Waals surface area contributed by atoms with Crippen molar-refractivity contribution in [3.63, 3.8) is 0 Å². The molecule has 0 saturated heterocycles. The Morgan fingerprint density at radius 3 is 1.76 bits per heavy atom. The third-order valence-electron chi connectivity index (χ3n) is 2.21. The fourth-order valence-electron chi connectivity index (χ4n) is 1.42. The van der Waals surface area contributed by atoms with Crippen LogP contribution in [0.15, 0.2) is 70.9 Å². The molecular weight excluding hydrogens is 210 g/mol. The largest absolute Gasteiger partial charge is 0.198 e. The fourth-order valence-corrected chi connectivity index (χ4v) is 1.42. The summed E-state index contributed by atoms with van der Waals surface area (Å²) in [4.78, 5) is 0. The van der Waals surface area contributed by atoms with Crippen LogP contribution >= 0.6 is 0 Å². The van der Waals surface area contributed by atoms with Crippen LogP contribution in [0.3, 0.4) is 0 Å². The summed E-state index contributed by atoms with van der Waals surface area (Å²) in [6.07, 6.45) is 6.85. The van der Waals surface area contributed by atoms with Gasteiger partial charge in [0.25, 0.3) is 0 Å². The summed E-state index contributed by atoms with van der Waals surface area (Å²) < 4.78 is 0. The predicted octanol–water partition coefficient (Wildman–Crippen LogP) is 2.91. The molecule has 0 aromatic carbocycles. The quantitative estimate of drug-likeness (QED) is 0.732. The Hall–Kier alpha value is -2.42. The second kappa shape index (κ2) is 6.23. The first-order valence-electron chi connectivity index (χ1n) is 5.37. The van der Waals surface area contributed by atoms with Gasteiger partial charge in [0.1, 0.15) is 0 Å². The molecule has 0 bridgehead atoms. The van der Waals surface area contributed by atoms with E-state index in [0.29, 0.717) is 0 Å². The zero-order valence-corrected chi connectivity index (χ0v) is 9.32. The number of fused-ring (bicyclic) bond motifs is 1. The average Bonchev–Trinajstić information content (AvgIpc) is 2.63. The summed E-state index contributed by atoms with van der Waals surface area (Å²) in [7, 11) is 0. The van der Waals surface area contributed by atoms with Crippen molar-refractivity contribution in [2.24, 2.45) is 10.2 Å². The minimum absolute atomic E-state index is 1.31. The Morgan fingerprint density at radius 1 is 0.647 bits per heavy atom. The molecule has 84 valence electrons. The zero-order valence-electron chi connectivity index (χ0n) is 9.32. The van der Waals surface area contributed by atoms with Gasteiger partial charge < -0.3 is 0 Å². The predicted molar refractivity (Wildman–Crippen MR) is 72.3 cm³/mol. The molecule has 0 aromatic rings. The van der Waals surface area contributed by atoms with Crippen LogP contribution in [0, 0.1) is 0 Å². The van der Waals surface area contributed by atoms with E-state index in [-0.39, 0.29) is 0 Å². The Kier molecular flexibility index (Phi) is 4.06. The molecule has 1 N–H and O–H groups in total. The first-order valence-corrected chi connectivity index (χ1v) is 5.37. The summed E-state index contributed by atoms with van der Waals surface area (Å²) in [5.41, 5.74) is 5.04. The van der Waals surface area contributed by atoms with Crippen molar-refractivity contribution < 1.29 is 0 Å². The molecule has 1 aliphatic heterocycles. The molecule has 2 aliphatic carbocycles. The van der Waals surface area contributed by atoms with E-state index >= 15 is 0 Å². The van der Waals surface area contributed by atoms with Crippen molar-refractivity contribution in [3.05, 3.63) is 60.7 Å². The van der Waals surface area contributed by atoms with Crippen LogP contribution in [0.1, 0.15) is 0 Å². The molecular formula is C14H13N3. The smallest absolute Gasteiger partial charge is 0.0489 e.